The van der Waals surface area contributed by atoms with Crippen LogP contribution < -0.4 is 5.32 Å². The lowest BCUT2D eigenvalue weighted by molar-refractivity contribution is 0.615. The second kappa shape index (κ2) is 4.78. The molecule has 4 rings (SSSR count). The number of fused-ring (bicyclic) bond motifs is 2. The highest BCUT2D eigenvalue weighted by atomic mass is 35.5. The number of hydrogen-bond acceptors (Lipinski definition) is 3. The van der Waals surface area contributed by atoms with Gasteiger partial charge in [-0.1, -0.05) is 17.7 Å². The molecule has 0 radical (unpaired) electrons. The molecule has 1 aliphatic heterocycles. The van der Waals surface area contributed by atoms with Gasteiger partial charge in [0.15, 0.2) is 5.58 Å². The third kappa shape index (κ3) is 2.09. The van der Waals surface area contributed by atoms with Crippen molar-refractivity contribution in [2.45, 2.75) is 19.8 Å². The van der Waals surface area contributed by atoms with Gasteiger partial charge in [-0.25, -0.2) is 4.98 Å². The van der Waals surface area contributed by atoms with Crippen molar-refractivity contribution in [3.05, 3.63) is 46.5 Å². The van der Waals surface area contributed by atoms with Crippen molar-refractivity contribution in [2.24, 2.45) is 0 Å². The molecule has 0 spiro atoms. The zero-order chi connectivity index (χ0) is 14.4. The van der Waals surface area contributed by atoms with E-state index in [9.17, 15) is 0 Å². The van der Waals surface area contributed by atoms with Gasteiger partial charge in [-0.3, -0.25) is 0 Å². The van der Waals surface area contributed by atoms with Crippen LogP contribution in [0.2, 0.25) is 5.02 Å². The average Bonchev–Trinajstić information content (AvgIpc) is 2.90. The SMILES string of the molecule is Cc1cc(Cl)cc2nc(-c3cccc4c3CCCN4)oc12. The van der Waals surface area contributed by atoms with Gasteiger partial charge in [0.05, 0.1) is 0 Å². The molecule has 0 atom stereocenters. The Labute approximate surface area is 127 Å². The molecule has 1 N–H and O–H groups in total. The first-order valence-electron chi connectivity index (χ1n) is 7.15. The highest BCUT2D eigenvalue weighted by molar-refractivity contribution is 6.31. The van der Waals surface area contributed by atoms with E-state index in [1.165, 1.54) is 11.3 Å². The predicted octanol–water partition coefficient (Wildman–Crippen LogP) is 4.81. The third-order valence-corrected chi connectivity index (χ3v) is 4.18. The zero-order valence-electron chi connectivity index (χ0n) is 11.7. The van der Waals surface area contributed by atoms with Crippen molar-refractivity contribution in [2.75, 3.05) is 11.9 Å². The van der Waals surface area contributed by atoms with Crippen LogP contribution >= 0.6 is 11.6 Å². The smallest absolute Gasteiger partial charge is 0.227 e. The summed E-state index contributed by atoms with van der Waals surface area (Å²) in [6.45, 7) is 3.02. The first-order valence-corrected chi connectivity index (χ1v) is 7.53. The van der Waals surface area contributed by atoms with Crippen LogP contribution in [0, 0.1) is 6.92 Å². The average molecular weight is 299 g/mol. The number of oxazole rings is 1. The lowest BCUT2D eigenvalue weighted by atomic mass is 9.97. The normalized spacial score (nSPS) is 14.0. The molecule has 106 valence electrons. The fourth-order valence-electron chi connectivity index (χ4n) is 2.98. The second-order valence-electron chi connectivity index (χ2n) is 5.45. The molecule has 2 heterocycles. The molecule has 3 aromatic rings. The number of rotatable bonds is 1. The molecule has 0 fully saturated rings. The van der Waals surface area contributed by atoms with Crippen LogP contribution in [0.5, 0.6) is 0 Å². The Kier molecular flexibility index (Phi) is 2.89. The van der Waals surface area contributed by atoms with Crippen molar-refractivity contribution < 1.29 is 4.42 Å². The van der Waals surface area contributed by atoms with Crippen LogP contribution in [-0.4, -0.2) is 11.5 Å². The van der Waals surface area contributed by atoms with Gasteiger partial charge in [0, 0.05) is 22.8 Å². The van der Waals surface area contributed by atoms with E-state index in [-0.39, 0.29) is 0 Å². The van der Waals surface area contributed by atoms with Crippen LogP contribution in [0.3, 0.4) is 0 Å². The fourth-order valence-corrected chi connectivity index (χ4v) is 3.25. The number of nitrogens with zero attached hydrogens (tertiary/aromatic N) is 1. The molecule has 3 nitrogen and oxygen atoms in total. The molecule has 0 aliphatic carbocycles. The summed E-state index contributed by atoms with van der Waals surface area (Å²) in [5.41, 5.74) is 6.20. The third-order valence-electron chi connectivity index (χ3n) is 3.97. The van der Waals surface area contributed by atoms with Crippen molar-refractivity contribution in [1.29, 1.82) is 0 Å². The van der Waals surface area contributed by atoms with Crippen LogP contribution in [0.1, 0.15) is 17.5 Å². The van der Waals surface area contributed by atoms with Crippen molar-refractivity contribution >= 4 is 28.4 Å². The molecular weight excluding hydrogens is 284 g/mol. The van der Waals surface area contributed by atoms with E-state index in [1.54, 1.807) is 0 Å². The van der Waals surface area contributed by atoms with Gasteiger partial charge < -0.3 is 9.73 Å². The van der Waals surface area contributed by atoms with Gasteiger partial charge in [-0.2, -0.15) is 0 Å². The summed E-state index contributed by atoms with van der Waals surface area (Å²) >= 11 is 6.10. The number of benzene rings is 2. The molecular formula is C17H15ClN2O. The Morgan fingerprint density at radius 2 is 2.19 bits per heavy atom. The van der Waals surface area contributed by atoms with E-state index in [0.29, 0.717) is 10.9 Å². The molecule has 0 unspecified atom stereocenters. The summed E-state index contributed by atoms with van der Waals surface area (Å²) in [4.78, 5) is 4.63. The van der Waals surface area contributed by atoms with Crippen LogP contribution in [-0.2, 0) is 6.42 Å². The summed E-state index contributed by atoms with van der Waals surface area (Å²) in [5.74, 6) is 0.677. The molecule has 1 aromatic heterocycles. The summed E-state index contributed by atoms with van der Waals surface area (Å²) in [6.07, 6.45) is 2.19. The molecule has 0 bridgehead atoms. The van der Waals surface area contributed by atoms with E-state index >= 15 is 0 Å². The zero-order valence-corrected chi connectivity index (χ0v) is 12.5. The Bertz CT molecular complexity index is 838. The Morgan fingerprint density at radius 3 is 3.10 bits per heavy atom. The first-order chi connectivity index (χ1) is 10.2. The maximum absolute atomic E-state index is 6.10. The molecule has 21 heavy (non-hydrogen) atoms. The number of aromatic nitrogens is 1. The Morgan fingerprint density at radius 1 is 1.29 bits per heavy atom. The molecule has 0 saturated carbocycles. The van der Waals surface area contributed by atoms with Gasteiger partial charge in [0.25, 0.3) is 0 Å². The number of hydrogen-bond donors (Lipinski definition) is 1. The topological polar surface area (TPSA) is 38.1 Å². The largest absolute Gasteiger partial charge is 0.436 e. The standard InChI is InChI=1S/C17H15ClN2O/c1-10-8-11(18)9-15-16(10)21-17(20-15)13-4-2-6-14-12(13)5-3-7-19-14/h2,4,6,8-9,19H,3,5,7H2,1H3. The van der Waals surface area contributed by atoms with E-state index < -0.39 is 0 Å². The van der Waals surface area contributed by atoms with Crippen molar-refractivity contribution in [1.82, 2.24) is 4.98 Å². The number of halogens is 1. The van der Waals surface area contributed by atoms with Gasteiger partial charge in [0.1, 0.15) is 5.52 Å². The Balaban J connectivity index is 1.93. The number of aryl methyl sites for hydroxylation is 1. The highest BCUT2D eigenvalue weighted by Gasteiger charge is 2.18. The molecule has 2 aromatic carbocycles. The lowest BCUT2D eigenvalue weighted by Crippen LogP contribution is -2.12. The maximum atomic E-state index is 6.10. The predicted molar refractivity (Wildman–Crippen MR) is 86.0 cm³/mol. The minimum atomic E-state index is 0.677. The van der Waals surface area contributed by atoms with Gasteiger partial charge in [-0.15, -0.1) is 0 Å². The number of anilines is 1. The van der Waals surface area contributed by atoms with E-state index in [0.717, 1.165) is 41.6 Å². The lowest BCUT2D eigenvalue weighted by Gasteiger charge is -2.19. The van der Waals surface area contributed by atoms with Crippen molar-refractivity contribution in [3.63, 3.8) is 0 Å². The van der Waals surface area contributed by atoms with Crippen LogP contribution in [0.25, 0.3) is 22.6 Å². The van der Waals surface area contributed by atoms with Gasteiger partial charge in [-0.05, 0) is 55.2 Å². The second-order valence-corrected chi connectivity index (χ2v) is 5.89. The number of nitrogens with one attached hydrogen (secondary N) is 1. The van der Waals surface area contributed by atoms with Crippen LogP contribution in [0.15, 0.2) is 34.7 Å². The van der Waals surface area contributed by atoms with Gasteiger partial charge in [0.2, 0.25) is 5.89 Å². The Hall–Kier alpha value is -2.00. The molecule has 4 heteroatoms. The molecule has 0 amide bonds. The summed E-state index contributed by atoms with van der Waals surface area (Å²) in [5, 5.41) is 4.13. The van der Waals surface area contributed by atoms with Gasteiger partial charge >= 0.3 is 0 Å². The highest BCUT2D eigenvalue weighted by Crippen LogP contribution is 2.35. The fraction of sp³-hybridized carbons (Fsp3) is 0.235. The minimum absolute atomic E-state index is 0.677. The van der Waals surface area contributed by atoms with E-state index in [2.05, 4.69) is 22.4 Å². The van der Waals surface area contributed by atoms with E-state index in [1.807, 2.05) is 25.1 Å². The monoisotopic (exact) mass is 298 g/mol. The quantitative estimate of drug-likeness (QED) is 0.700. The first kappa shape index (κ1) is 12.7. The van der Waals surface area contributed by atoms with Crippen molar-refractivity contribution in [3.8, 4) is 11.5 Å². The minimum Gasteiger partial charge on any atom is -0.436 e. The van der Waals surface area contributed by atoms with Crippen LogP contribution in [0.4, 0.5) is 5.69 Å². The summed E-state index contributed by atoms with van der Waals surface area (Å²) in [6, 6.07) is 9.99. The summed E-state index contributed by atoms with van der Waals surface area (Å²) in [7, 11) is 0. The summed E-state index contributed by atoms with van der Waals surface area (Å²) < 4.78 is 6.01. The maximum Gasteiger partial charge on any atom is 0.227 e. The van der Waals surface area contributed by atoms with E-state index in [4.69, 9.17) is 16.0 Å². The molecule has 0 saturated heterocycles. The molecule has 1 aliphatic rings.